The number of carbonyl (C=O) groups excluding carboxylic acids is 1. The molecule has 1 amide bonds. The van der Waals surface area contributed by atoms with Gasteiger partial charge in [-0.2, -0.15) is 22.0 Å². The lowest BCUT2D eigenvalue weighted by Gasteiger charge is -2.11. The molecule has 2 rings (SSSR count). The molecule has 0 aromatic heterocycles. The van der Waals surface area contributed by atoms with Crippen molar-refractivity contribution < 1.29 is 35.2 Å². The summed E-state index contributed by atoms with van der Waals surface area (Å²) in [5, 5.41) is 1.59. The van der Waals surface area contributed by atoms with Crippen molar-refractivity contribution in [2.24, 2.45) is 0 Å². The summed E-state index contributed by atoms with van der Waals surface area (Å²) in [6.07, 6.45) is -5.07. The average molecular weight is 426 g/mol. The van der Waals surface area contributed by atoms with Crippen LogP contribution >= 0.6 is 11.8 Å². The van der Waals surface area contributed by atoms with Crippen molar-refractivity contribution in [2.75, 3.05) is 10.0 Å². The summed E-state index contributed by atoms with van der Waals surface area (Å²) in [5.74, 6) is -4.79. The van der Waals surface area contributed by atoms with Crippen molar-refractivity contribution >= 4 is 39.1 Å². The first-order chi connectivity index (χ1) is 12.5. The van der Waals surface area contributed by atoms with E-state index in [1.807, 2.05) is 0 Å². The molecule has 0 fully saturated rings. The summed E-state index contributed by atoms with van der Waals surface area (Å²) in [5.41, 5.74) is -0.118. The van der Waals surface area contributed by atoms with Gasteiger partial charge in [0.25, 0.3) is 15.8 Å². The fourth-order valence-electron chi connectivity index (χ4n) is 1.84. The van der Waals surface area contributed by atoms with E-state index < -0.39 is 27.9 Å². The van der Waals surface area contributed by atoms with E-state index in [1.165, 1.54) is 24.3 Å². The van der Waals surface area contributed by atoms with Crippen LogP contribution in [0.1, 0.15) is 0 Å². The Balaban J connectivity index is 2.09. The topological polar surface area (TPSA) is 75.3 Å². The van der Waals surface area contributed by atoms with E-state index in [0.717, 1.165) is 24.3 Å². The number of hydrogen-bond donors (Lipinski definition) is 2. The van der Waals surface area contributed by atoms with Crippen LogP contribution in [0, 0.1) is 0 Å². The molecule has 0 saturated carbocycles. The molecule has 2 aromatic carbocycles. The number of carbonyl (C=O) groups is 1. The lowest BCUT2D eigenvalue weighted by atomic mass is 10.3. The van der Waals surface area contributed by atoms with Crippen LogP contribution in [0.4, 0.5) is 33.3 Å². The molecule has 0 spiro atoms. The summed E-state index contributed by atoms with van der Waals surface area (Å²) < 4.78 is 87.8. The zero-order chi connectivity index (χ0) is 20.2. The molecular formula is C15H11F5N2O3S2. The summed E-state index contributed by atoms with van der Waals surface area (Å²) in [6, 6.07) is 9.22. The molecular weight excluding hydrogens is 415 g/mol. The van der Waals surface area contributed by atoms with E-state index in [1.54, 1.807) is 5.32 Å². The molecule has 0 aliphatic carbocycles. The minimum Gasteiger partial charge on any atom is -0.318 e. The Morgan fingerprint density at radius 3 is 1.93 bits per heavy atom. The number of alkyl halides is 5. The minimum absolute atomic E-state index is 0.114. The lowest BCUT2D eigenvalue weighted by Crippen LogP contribution is -2.29. The molecule has 0 aliphatic heterocycles. The Morgan fingerprint density at radius 2 is 1.44 bits per heavy atom. The largest absolute Gasteiger partial charge is 0.471 e. The Morgan fingerprint density at radius 1 is 0.926 bits per heavy atom. The number of thioether (sulfide) groups is 1. The molecule has 0 saturated heterocycles. The van der Waals surface area contributed by atoms with Gasteiger partial charge in [0.05, 0.1) is 4.90 Å². The Hall–Kier alpha value is -2.34. The number of nitrogens with one attached hydrogen (secondary N) is 2. The third-order valence-electron chi connectivity index (χ3n) is 3.01. The maximum Gasteiger partial charge on any atom is 0.471 e. The molecule has 0 heterocycles. The third-order valence-corrected chi connectivity index (χ3v) is 5.13. The predicted octanol–water partition coefficient (Wildman–Crippen LogP) is 4.30. The maximum absolute atomic E-state index is 12.3. The molecule has 146 valence electrons. The van der Waals surface area contributed by atoms with Gasteiger partial charge in [0.2, 0.25) is 0 Å². The van der Waals surface area contributed by atoms with Gasteiger partial charge in [0.15, 0.2) is 0 Å². The number of hydrogen-bond acceptors (Lipinski definition) is 4. The Bertz CT molecular complexity index is 899. The van der Waals surface area contributed by atoms with Gasteiger partial charge in [-0.3, -0.25) is 9.52 Å². The quantitative estimate of drug-likeness (QED) is 0.534. The molecule has 27 heavy (non-hydrogen) atoms. The Labute approximate surface area is 155 Å². The fraction of sp³-hybridized carbons (Fsp3) is 0.133. The van der Waals surface area contributed by atoms with Crippen LogP contribution in [0.15, 0.2) is 58.3 Å². The summed E-state index contributed by atoms with van der Waals surface area (Å²) in [4.78, 5) is 10.8. The monoisotopic (exact) mass is 426 g/mol. The maximum atomic E-state index is 12.3. The van der Waals surface area contributed by atoms with Crippen LogP contribution in [-0.2, 0) is 14.8 Å². The molecule has 0 bridgehead atoms. The molecule has 0 aliphatic rings. The van der Waals surface area contributed by atoms with E-state index in [-0.39, 0.29) is 21.2 Å². The zero-order valence-corrected chi connectivity index (χ0v) is 14.8. The van der Waals surface area contributed by atoms with Gasteiger partial charge in [0, 0.05) is 16.3 Å². The molecule has 2 N–H and O–H groups in total. The van der Waals surface area contributed by atoms with Gasteiger partial charge in [0.1, 0.15) is 0 Å². The third kappa shape index (κ3) is 6.10. The van der Waals surface area contributed by atoms with Gasteiger partial charge in [-0.05, 0) is 48.5 Å². The van der Waals surface area contributed by atoms with Gasteiger partial charge in [-0.25, -0.2) is 8.42 Å². The van der Waals surface area contributed by atoms with Crippen molar-refractivity contribution in [3.63, 3.8) is 0 Å². The molecule has 2 aromatic rings. The number of rotatable bonds is 6. The number of anilines is 2. The Kier molecular flexibility index (Phi) is 6.31. The molecule has 0 atom stereocenters. The minimum atomic E-state index is -5.07. The van der Waals surface area contributed by atoms with Crippen molar-refractivity contribution in [1.29, 1.82) is 0 Å². The second-order valence-corrected chi connectivity index (χ2v) is 7.73. The number of halogens is 5. The van der Waals surface area contributed by atoms with Gasteiger partial charge >= 0.3 is 12.1 Å². The molecule has 0 radical (unpaired) electrons. The van der Waals surface area contributed by atoms with Crippen LogP contribution in [-0.4, -0.2) is 26.3 Å². The standard InChI is InChI=1S/C15H11F5N2O3S2/c16-14(17)26-11-5-1-10(2-6-11)22-27(24,25)12-7-3-9(4-8-12)21-13(23)15(18,19)20/h1-8,14,22H,(H,21,23). The highest BCUT2D eigenvalue weighted by molar-refractivity contribution is 7.99. The smallest absolute Gasteiger partial charge is 0.318 e. The van der Waals surface area contributed by atoms with E-state index in [9.17, 15) is 35.2 Å². The number of benzene rings is 2. The first kappa shape index (κ1) is 21.0. The summed E-state index contributed by atoms with van der Waals surface area (Å²) in [7, 11) is -4.06. The van der Waals surface area contributed by atoms with Crippen molar-refractivity contribution in [1.82, 2.24) is 0 Å². The van der Waals surface area contributed by atoms with Crippen LogP contribution in [0.25, 0.3) is 0 Å². The summed E-state index contributed by atoms with van der Waals surface area (Å²) in [6.45, 7) is 0. The highest BCUT2D eigenvalue weighted by Crippen LogP contribution is 2.27. The molecule has 5 nitrogen and oxygen atoms in total. The second kappa shape index (κ2) is 8.13. The van der Waals surface area contributed by atoms with E-state index in [4.69, 9.17) is 0 Å². The van der Waals surface area contributed by atoms with Crippen molar-refractivity contribution in [2.45, 2.75) is 21.7 Å². The second-order valence-electron chi connectivity index (χ2n) is 4.98. The summed E-state index contributed by atoms with van der Waals surface area (Å²) >= 11 is 0.304. The van der Waals surface area contributed by atoms with E-state index in [2.05, 4.69) is 4.72 Å². The lowest BCUT2D eigenvalue weighted by molar-refractivity contribution is -0.167. The van der Waals surface area contributed by atoms with Crippen LogP contribution in [0.2, 0.25) is 0 Å². The van der Waals surface area contributed by atoms with E-state index in [0.29, 0.717) is 11.8 Å². The molecule has 0 unspecified atom stereocenters. The van der Waals surface area contributed by atoms with Gasteiger partial charge < -0.3 is 5.32 Å². The van der Waals surface area contributed by atoms with Gasteiger partial charge in [-0.1, -0.05) is 11.8 Å². The highest BCUT2D eigenvalue weighted by atomic mass is 32.2. The fourth-order valence-corrected chi connectivity index (χ4v) is 3.40. The predicted molar refractivity (Wildman–Crippen MR) is 90.2 cm³/mol. The van der Waals surface area contributed by atoms with Crippen molar-refractivity contribution in [3.8, 4) is 0 Å². The van der Waals surface area contributed by atoms with Crippen LogP contribution < -0.4 is 10.0 Å². The van der Waals surface area contributed by atoms with Gasteiger partial charge in [-0.15, -0.1) is 0 Å². The van der Waals surface area contributed by atoms with Crippen molar-refractivity contribution in [3.05, 3.63) is 48.5 Å². The number of amides is 1. The first-order valence-electron chi connectivity index (χ1n) is 7.03. The zero-order valence-electron chi connectivity index (χ0n) is 13.1. The molecule has 12 heteroatoms. The SMILES string of the molecule is O=C(Nc1ccc(S(=O)(=O)Nc2ccc(SC(F)F)cc2)cc1)C(F)(F)F. The van der Waals surface area contributed by atoms with Crippen LogP contribution in [0.3, 0.4) is 0 Å². The van der Waals surface area contributed by atoms with Crippen LogP contribution in [0.5, 0.6) is 0 Å². The number of sulfonamides is 1. The first-order valence-corrected chi connectivity index (χ1v) is 9.39. The average Bonchev–Trinajstić information content (AvgIpc) is 2.55. The highest BCUT2D eigenvalue weighted by Gasteiger charge is 2.38. The normalized spacial score (nSPS) is 12.1. The van der Waals surface area contributed by atoms with E-state index >= 15 is 0 Å².